The summed E-state index contributed by atoms with van der Waals surface area (Å²) in [6.07, 6.45) is 3.58. The van der Waals surface area contributed by atoms with Crippen LogP contribution < -0.4 is 16.2 Å². The molecule has 0 spiro atoms. The second-order valence-corrected chi connectivity index (χ2v) is 4.83. The van der Waals surface area contributed by atoms with Crippen LogP contribution in [-0.2, 0) is 0 Å². The fourth-order valence-corrected chi connectivity index (χ4v) is 2.44. The van der Waals surface area contributed by atoms with Gasteiger partial charge in [-0.2, -0.15) is 0 Å². The van der Waals surface area contributed by atoms with Gasteiger partial charge in [0, 0.05) is 13.1 Å². The minimum atomic E-state index is -0.133. The van der Waals surface area contributed by atoms with Gasteiger partial charge in [-0.3, -0.25) is 4.79 Å². The van der Waals surface area contributed by atoms with Crippen LogP contribution in [0.15, 0.2) is 15.6 Å². The summed E-state index contributed by atoms with van der Waals surface area (Å²) >= 11 is 3.28. The molecule has 0 amide bonds. The Morgan fingerprint density at radius 1 is 1.56 bits per heavy atom. The molecular formula is C10H15BrN4O. The Hall–Kier alpha value is -0.880. The molecule has 1 saturated heterocycles. The predicted octanol–water partition coefficient (Wildman–Crippen LogP) is 0.707. The van der Waals surface area contributed by atoms with Crippen LogP contribution in [0.2, 0.25) is 0 Å². The second-order valence-electron chi connectivity index (χ2n) is 4.04. The smallest absolute Gasteiger partial charge is 0.267 e. The normalized spacial score (nSPS) is 17.8. The lowest BCUT2D eigenvalue weighted by atomic mass is 9.97. The molecule has 1 aromatic rings. The van der Waals surface area contributed by atoms with Crippen molar-refractivity contribution in [3.05, 3.63) is 21.2 Å². The number of piperidine rings is 1. The maximum absolute atomic E-state index is 11.4. The highest BCUT2D eigenvalue weighted by Gasteiger charge is 2.21. The van der Waals surface area contributed by atoms with Crippen molar-refractivity contribution < 1.29 is 0 Å². The highest BCUT2D eigenvalue weighted by molar-refractivity contribution is 9.10. The molecule has 0 aliphatic carbocycles. The molecule has 2 heterocycles. The summed E-state index contributed by atoms with van der Waals surface area (Å²) in [6, 6.07) is 0. The Kier molecular flexibility index (Phi) is 3.60. The molecule has 1 aliphatic heterocycles. The first-order chi connectivity index (χ1) is 7.72. The molecule has 2 rings (SSSR count). The van der Waals surface area contributed by atoms with E-state index in [9.17, 15) is 4.79 Å². The number of rotatable bonds is 2. The lowest BCUT2D eigenvalue weighted by molar-refractivity contribution is 0.412. The van der Waals surface area contributed by atoms with Gasteiger partial charge in [0.25, 0.3) is 5.56 Å². The van der Waals surface area contributed by atoms with Gasteiger partial charge in [-0.15, -0.1) is 0 Å². The van der Waals surface area contributed by atoms with Crippen molar-refractivity contribution in [1.29, 1.82) is 0 Å². The summed E-state index contributed by atoms with van der Waals surface area (Å²) in [5.41, 5.74) is 5.51. The van der Waals surface area contributed by atoms with Crippen LogP contribution in [0.4, 0.5) is 5.82 Å². The largest absolute Gasteiger partial charge is 0.355 e. The van der Waals surface area contributed by atoms with Gasteiger partial charge in [-0.25, -0.2) is 4.98 Å². The van der Waals surface area contributed by atoms with Crippen LogP contribution in [0.25, 0.3) is 0 Å². The summed E-state index contributed by atoms with van der Waals surface area (Å²) in [6.45, 7) is 2.58. The van der Waals surface area contributed by atoms with E-state index in [-0.39, 0.29) is 5.56 Å². The third-order valence-corrected chi connectivity index (χ3v) is 3.74. The molecule has 16 heavy (non-hydrogen) atoms. The molecule has 1 aliphatic rings. The topological polar surface area (TPSA) is 75.0 Å². The van der Waals surface area contributed by atoms with Crippen molar-refractivity contribution in [3.63, 3.8) is 0 Å². The zero-order valence-corrected chi connectivity index (χ0v) is 10.5. The number of nitrogens with zero attached hydrogens (tertiary/aromatic N) is 2. The number of halogens is 1. The molecule has 0 bridgehead atoms. The highest BCUT2D eigenvalue weighted by Crippen LogP contribution is 2.24. The van der Waals surface area contributed by atoms with Crippen molar-refractivity contribution in [2.24, 2.45) is 11.7 Å². The van der Waals surface area contributed by atoms with E-state index >= 15 is 0 Å². The van der Waals surface area contributed by atoms with E-state index in [1.165, 1.54) is 6.33 Å². The minimum Gasteiger partial charge on any atom is -0.355 e. The quantitative estimate of drug-likeness (QED) is 0.840. The van der Waals surface area contributed by atoms with Crippen LogP contribution in [0.5, 0.6) is 0 Å². The van der Waals surface area contributed by atoms with E-state index in [0.717, 1.165) is 38.3 Å². The molecule has 0 unspecified atom stereocenters. The van der Waals surface area contributed by atoms with Crippen molar-refractivity contribution in [1.82, 2.24) is 9.97 Å². The average Bonchev–Trinajstić information content (AvgIpc) is 2.33. The number of aromatic nitrogens is 2. The predicted molar refractivity (Wildman–Crippen MR) is 66.5 cm³/mol. The Labute approximate surface area is 102 Å². The summed E-state index contributed by atoms with van der Waals surface area (Å²) in [7, 11) is 0. The fourth-order valence-electron chi connectivity index (χ4n) is 1.97. The van der Waals surface area contributed by atoms with Crippen molar-refractivity contribution in [2.75, 3.05) is 24.5 Å². The van der Waals surface area contributed by atoms with E-state index in [0.29, 0.717) is 10.4 Å². The van der Waals surface area contributed by atoms with Crippen LogP contribution >= 0.6 is 15.9 Å². The third kappa shape index (κ3) is 2.27. The molecule has 5 nitrogen and oxygen atoms in total. The van der Waals surface area contributed by atoms with Crippen LogP contribution in [0.3, 0.4) is 0 Å². The van der Waals surface area contributed by atoms with E-state index < -0.39 is 0 Å². The maximum atomic E-state index is 11.4. The fraction of sp³-hybridized carbons (Fsp3) is 0.600. The number of H-pyrrole nitrogens is 1. The van der Waals surface area contributed by atoms with Gasteiger partial charge in [0.15, 0.2) is 0 Å². The number of anilines is 1. The van der Waals surface area contributed by atoms with E-state index in [1.54, 1.807) is 0 Å². The molecule has 0 aromatic carbocycles. The minimum absolute atomic E-state index is 0.133. The molecule has 0 radical (unpaired) electrons. The Morgan fingerprint density at radius 3 is 2.88 bits per heavy atom. The maximum Gasteiger partial charge on any atom is 0.267 e. The highest BCUT2D eigenvalue weighted by atomic mass is 79.9. The van der Waals surface area contributed by atoms with Gasteiger partial charge in [0.1, 0.15) is 10.3 Å². The first-order valence-electron chi connectivity index (χ1n) is 5.40. The van der Waals surface area contributed by atoms with Gasteiger partial charge < -0.3 is 15.6 Å². The number of nitrogens with two attached hydrogens (primary N) is 1. The zero-order valence-electron chi connectivity index (χ0n) is 8.95. The Balaban J connectivity index is 2.14. The molecule has 6 heteroatoms. The number of hydrogen-bond donors (Lipinski definition) is 2. The lowest BCUT2D eigenvalue weighted by Crippen LogP contribution is -2.37. The molecular weight excluding hydrogens is 272 g/mol. The third-order valence-electron chi connectivity index (χ3n) is 3.03. The second kappa shape index (κ2) is 4.97. The monoisotopic (exact) mass is 286 g/mol. The van der Waals surface area contributed by atoms with Gasteiger partial charge in [-0.05, 0) is 41.2 Å². The lowest BCUT2D eigenvalue weighted by Gasteiger charge is -2.32. The van der Waals surface area contributed by atoms with Crippen molar-refractivity contribution >= 4 is 21.7 Å². The number of aromatic amines is 1. The van der Waals surface area contributed by atoms with Crippen LogP contribution in [0.1, 0.15) is 12.8 Å². The molecule has 3 N–H and O–H groups in total. The van der Waals surface area contributed by atoms with Crippen LogP contribution in [0, 0.1) is 5.92 Å². The van der Waals surface area contributed by atoms with Gasteiger partial charge >= 0.3 is 0 Å². The molecule has 1 aromatic heterocycles. The number of nitrogens with one attached hydrogen (secondary N) is 1. The first kappa shape index (κ1) is 11.6. The zero-order chi connectivity index (χ0) is 11.5. The SMILES string of the molecule is NCC1CCN(c2nc[nH]c(=O)c2Br)CC1. The van der Waals surface area contributed by atoms with Gasteiger partial charge in [0.2, 0.25) is 0 Å². The Morgan fingerprint density at radius 2 is 2.25 bits per heavy atom. The van der Waals surface area contributed by atoms with E-state index in [1.807, 2.05) is 0 Å². The first-order valence-corrected chi connectivity index (χ1v) is 6.20. The summed E-state index contributed by atoms with van der Waals surface area (Å²) < 4.78 is 0.515. The summed E-state index contributed by atoms with van der Waals surface area (Å²) in [5, 5.41) is 0. The van der Waals surface area contributed by atoms with E-state index in [4.69, 9.17) is 5.73 Å². The standard InChI is InChI=1S/C10H15BrN4O/c11-8-9(13-6-14-10(8)16)15-3-1-7(5-12)2-4-15/h6-7H,1-5,12H2,(H,13,14,16). The van der Waals surface area contributed by atoms with Gasteiger partial charge in [0.05, 0.1) is 6.33 Å². The molecule has 88 valence electrons. The number of hydrogen-bond acceptors (Lipinski definition) is 4. The average molecular weight is 287 g/mol. The van der Waals surface area contributed by atoms with Crippen molar-refractivity contribution in [3.8, 4) is 0 Å². The molecule has 0 saturated carbocycles. The Bertz CT molecular complexity index is 412. The van der Waals surface area contributed by atoms with Crippen molar-refractivity contribution in [2.45, 2.75) is 12.8 Å². The summed E-state index contributed by atoms with van der Waals surface area (Å²) in [5.74, 6) is 1.34. The van der Waals surface area contributed by atoms with E-state index in [2.05, 4.69) is 30.8 Å². The van der Waals surface area contributed by atoms with Gasteiger partial charge in [-0.1, -0.05) is 0 Å². The molecule has 0 atom stereocenters. The van der Waals surface area contributed by atoms with Crippen LogP contribution in [-0.4, -0.2) is 29.6 Å². The molecule has 1 fully saturated rings. The summed E-state index contributed by atoms with van der Waals surface area (Å²) in [4.78, 5) is 20.3.